The molecule has 0 amide bonds. The number of benzene rings is 13. The predicted molar refractivity (Wildman–Crippen MR) is 294 cm³/mol. The lowest BCUT2D eigenvalue weighted by Crippen LogP contribution is -2.00. The van der Waals surface area contributed by atoms with Crippen LogP contribution in [-0.4, -0.2) is 4.57 Å². The molecule has 0 N–H and O–H groups in total. The zero-order valence-electron chi connectivity index (χ0n) is 36.9. The van der Waals surface area contributed by atoms with Crippen LogP contribution in [0.1, 0.15) is 0 Å². The van der Waals surface area contributed by atoms with Crippen LogP contribution >= 0.6 is 11.3 Å². The Morgan fingerprint density at radius 3 is 1.25 bits per heavy atom. The number of aromatic nitrogens is 1. The van der Waals surface area contributed by atoms with Gasteiger partial charge in [-0.15, -0.1) is 11.3 Å². The lowest BCUT2D eigenvalue weighted by Gasteiger charge is -2.27. The van der Waals surface area contributed by atoms with Crippen molar-refractivity contribution in [2.75, 3.05) is 0 Å². The molecule has 2 heteroatoms. The molecule has 314 valence electrons. The summed E-state index contributed by atoms with van der Waals surface area (Å²) in [5, 5.41) is 18.1. The van der Waals surface area contributed by atoms with Gasteiger partial charge in [0.2, 0.25) is 0 Å². The lowest BCUT2D eigenvalue weighted by atomic mass is 9.75. The first-order valence-electron chi connectivity index (χ1n) is 23.5. The van der Waals surface area contributed by atoms with Crippen molar-refractivity contribution in [1.82, 2.24) is 4.57 Å². The molecule has 2 heterocycles. The van der Waals surface area contributed by atoms with E-state index in [4.69, 9.17) is 0 Å². The number of hydrogen-bond acceptors (Lipinski definition) is 1. The molecule has 0 fully saturated rings. The van der Waals surface area contributed by atoms with Gasteiger partial charge in [-0.25, -0.2) is 0 Å². The van der Waals surface area contributed by atoms with Gasteiger partial charge in [-0.3, -0.25) is 0 Å². The maximum absolute atomic E-state index is 2.47. The topological polar surface area (TPSA) is 4.93 Å². The molecule has 68 heavy (non-hydrogen) atoms. The number of thiophene rings is 1. The van der Waals surface area contributed by atoms with Crippen molar-refractivity contribution in [1.29, 1.82) is 0 Å². The van der Waals surface area contributed by atoms with Crippen molar-refractivity contribution in [3.63, 3.8) is 0 Å². The molecule has 13 aromatic carbocycles. The van der Waals surface area contributed by atoms with Crippen molar-refractivity contribution in [3.05, 3.63) is 237 Å². The van der Waals surface area contributed by atoms with Crippen LogP contribution in [0.2, 0.25) is 0 Å². The van der Waals surface area contributed by atoms with Crippen LogP contribution in [-0.2, 0) is 0 Å². The van der Waals surface area contributed by atoms with Crippen LogP contribution in [0.3, 0.4) is 0 Å². The highest BCUT2D eigenvalue weighted by Crippen LogP contribution is 2.56. The second-order valence-corrected chi connectivity index (χ2v) is 19.3. The van der Waals surface area contributed by atoms with Gasteiger partial charge < -0.3 is 4.57 Å². The monoisotopic (exact) mass is 877 g/mol. The largest absolute Gasteiger partial charge is 0.309 e. The number of nitrogens with zero attached hydrogens (tertiary/aromatic N) is 1. The lowest BCUT2D eigenvalue weighted by molar-refractivity contribution is 1.18. The van der Waals surface area contributed by atoms with Crippen molar-refractivity contribution in [2.45, 2.75) is 0 Å². The molecule has 0 saturated heterocycles. The van der Waals surface area contributed by atoms with E-state index in [2.05, 4.69) is 241 Å². The quantitative estimate of drug-likeness (QED) is 0.120. The van der Waals surface area contributed by atoms with E-state index in [-0.39, 0.29) is 0 Å². The molecule has 0 saturated carbocycles. The molecule has 1 nitrogen and oxygen atoms in total. The molecule has 0 spiro atoms. The molecule has 0 bridgehead atoms. The Hall–Kier alpha value is -8.56. The minimum atomic E-state index is 1.14. The molecule has 0 unspecified atom stereocenters. The van der Waals surface area contributed by atoms with E-state index in [1.165, 1.54) is 140 Å². The number of fused-ring (bicyclic) bond motifs is 12. The fourth-order valence-electron chi connectivity index (χ4n) is 12.0. The Balaban J connectivity index is 1.11. The van der Waals surface area contributed by atoms with Crippen LogP contribution in [0.5, 0.6) is 0 Å². The average Bonchev–Trinajstić information content (AvgIpc) is 3.94. The summed E-state index contributed by atoms with van der Waals surface area (Å²) < 4.78 is 5.10. The second-order valence-electron chi connectivity index (χ2n) is 18.2. The Morgan fingerprint density at radius 1 is 0.235 bits per heavy atom. The highest BCUT2D eigenvalue weighted by molar-refractivity contribution is 7.25. The smallest absolute Gasteiger partial charge is 0.0555 e. The Bertz CT molecular complexity index is 4500. The number of para-hydroxylation sites is 1. The van der Waals surface area contributed by atoms with E-state index in [1.807, 2.05) is 11.3 Å². The van der Waals surface area contributed by atoms with Crippen molar-refractivity contribution in [3.8, 4) is 50.2 Å². The molecule has 0 aliphatic rings. The highest BCUT2D eigenvalue weighted by atomic mass is 32.1. The number of rotatable bonds is 5. The molecule has 0 aliphatic heterocycles. The summed E-state index contributed by atoms with van der Waals surface area (Å²) in [6.45, 7) is 0. The van der Waals surface area contributed by atoms with Crippen LogP contribution in [0.25, 0.3) is 146 Å². The van der Waals surface area contributed by atoms with Crippen LogP contribution in [0, 0.1) is 0 Å². The standard InChI is InChI=1S/C66H39NS/c1-4-18-40(19-5-1)59-60(43-34-36-44(37-35-43)67-55-32-14-12-26-47(55)53-38-54-48-27-13-15-33-57(48)68-58(54)39-56(53)67)62(42-22-8-3-9-23-42)66-52-31-17-29-50-46-25-11-10-24-45(46)49-28-16-30-51(63(49)64(50)52)65(66)61(59)41-20-6-2-7-21-41/h1-39H. The molecular weight excluding hydrogens is 839 g/mol. The third kappa shape index (κ3) is 5.26. The molecule has 0 radical (unpaired) electrons. The van der Waals surface area contributed by atoms with Crippen molar-refractivity contribution in [2.24, 2.45) is 0 Å². The third-order valence-corrected chi connectivity index (χ3v) is 15.8. The zero-order valence-corrected chi connectivity index (χ0v) is 37.7. The van der Waals surface area contributed by atoms with E-state index in [0.717, 1.165) is 5.69 Å². The van der Waals surface area contributed by atoms with Crippen molar-refractivity contribution < 1.29 is 0 Å². The van der Waals surface area contributed by atoms with Gasteiger partial charge in [-0.1, -0.05) is 200 Å². The average molecular weight is 878 g/mol. The summed E-state index contributed by atoms with van der Waals surface area (Å²) in [6, 6.07) is 88.4. The van der Waals surface area contributed by atoms with Gasteiger partial charge in [-0.05, 0) is 135 Å². The summed E-state index contributed by atoms with van der Waals surface area (Å²) in [5.74, 6) is 0. The van der Waals surface area contributed by atoms with E-state index >= 15 is 0 Å². The highest BCUT2D eigenvalue weighted by Gasteiger charge is 2.29. The first-order valence-corrected chi connectivity index (χ1v) is 24.3. The fraction of sp³-hybridized carbons (Fsp3) is 0. The van der Waals surface area contributed by atoms with Crippen LogP contribution < -0.4 is 0 Å². The van der Waals surface area contributed by atoms with Gasteiger partial charge in [0.15, 0.2) is 0 Å². The van der Waals surface area contributed by atoms with Gasteiger partial charge in [0, 0.05) is 36.6 Å². The molecule has 0 aliphatic carbocycles. The second kappa shape index (κ2) is 14.5. The van der Waals surface area contributed by atoms with Crippen LogP contribution in [0.4, 0.5) is 0 Å². The van der Waals surface area contributed by atoms with E-state index in [0.29, 0.717) is 0 Å². The van der Waals surface area contributed by atoms with E-state index < -0.39 is 0 Å². The normalized spacial score (nSPS) is 12.1. The minimum absolute atomic E-state index is 1.14. The Labute approximate surface area is 396 Å². The molecule has 15 rings (SSSR count). The summed E-state index contributed by atoms with van der Waals surface area (Å²) in [7, 11) is 0. The first kappa shape index (κ1) is 37.6. The van der Waals surface area contributed by atoms with Gasteiger partial charge in [0.25, 0.3) is 0 Å². The fourth-order valence-corrected chi connectivity index (χ4v) is 13.1. The maximum atomic E-state index is 2.47. The van der Waals surface area contributed by atoms with E-state index in [1.54, 1.807) is 0 Å². The molecule has 2 aromatic heterocycles. The summed E-state index contributed by atoms with van der Waals surface area (Å²) >= 11 is 1.88. The third-order valence-electron chi connectivity index (χ3n) is 14.7. The minimum Gasteiger partial charge on any atom is -0.309 e. The molecular formula is C66H39NS. The Morgan fingerprint density at radius 2 is 0.676 bits per heavy atom. The first-order chi connectivity index (χ1) is 33.8. The molecule has 0 atom stereocenters. The van der Waals surface area contributed by atoms with Gasteiger partial charge in [0.05, 0.1) is 11.0 Å². The summed E-state index contributed by atoms with van der Waals surface area (Å²) in [6.07, 6.45) is 0. The van der Waals surface area contributed by atoms with Crippen molar-refractivity contribution >= 4 is 107 Å². The van der Waals surface area contributed by atoms with Gasteiger partial charge in [0.1, 0.15) is 0 Å². The van der Waals surface area contributed by atoms with Crippen LogP contribution in [0.15, 0.2) is 237 Å². The van der Waals surface area contributed by atoms with E-state index in [9.17, 15) is 0 Å². The summed E-state index contributed by atoms with van der Waals surface area (Å²) in [4.78, 5) is 0. The zero-order chi connectivity index (χ0) is 44.5. The van der Waals surface area contributed by atoms with Gasteiger partial charge >= 0.3 is 0 Å². The predicted octanol–water partition coefficient (Wildman–Crippen LogP) is 19.0. The SMILES string of the molecule is c1ccc(-c2c(-c3ccc(-n4c5ccccc5c5cc6c(cc54)sc4ccccc46)cc3)c(-c3ccccc3)c3c4cccc5c6ccccc6c6cccc(c3c2-c2ccccc2)c6c54)cc1. The maximum Gasteiger partial charge on any atom is 0.0555 e. The number of hydrogen-bond donors (Lipinski definition) is 0. The van der Waals surface area contributed by atoms with Gasteiger partial charge in [-0.2, -0.15) is 0 Å². The molecule has 15 aromatic rings. The Kier molecular flexibility index (Phi) is 8.01. The summed E-state index contributed by atoms with van der Waals surface area (Å²) in [5.41, 5.74) is 13.3.